The van der Waals surface area contributed by atoms with E-state index >= 15 is 0 Å². The minimum atomic E-state index is -1.62. The van der Waals surface area contributed by atoms with Crippen LogP contribution in [0.4, 0.5) is 0 Å². The Morgan fingerprint density at radius 2 is 1.40 bits per heavy atom. The zero-order valence-corrected chi connectivity index (χ0v) is 43.8. The quantitative estimate of drug-likeness (QED) is 0.112. The molecule has 0 saturated carbocycles. The van der Waals surface area contributed by atoms with Crippen molar-refractivity contribution in [3.63, 3.8) is 0 Å². The Morgan fingerprint density at radius 3 is 2.09 bits per heavy atom. The molecule has 1 radical (unpaired) electrons. The largest absolute Gasteiger partial charge is 0.486 e. The summed E-state index contributed by atoms with van der Waals surface area (Å²) in [6.07, 6.45) is 1.99. The molecule has 4 aromatic heterocycles. The van der Waals surface area contributed by atoms with Crippen LogP contribution in [0.1, 0.15) is 74.4 Å². The van der Waals surface area contributed by atoms with Crippen LogP contribution in [0.25, 0.3) is 83.7 Å². The van der Waals surface area contributed by atoms with Crippen LogP contribution in [0.5, 0.6) is 0 Å². The summed E-state index contributed by atoms with van der Waals surface area (Å²) in [5.41, 5.74) is 19.3. The van der Waals surface area contributed by atoms with E-state index in [4.69, 9.17) is 15.8 Å². The van der Waals surface area contributed by atoms with Crippen molar-refractivity contribution < 1.29 is 25.9 Å². The van der Waals surface area contributed by atoms with Gasteiger partial charge in [0, 0.05) is 50.0 Å². The van der Waals surface area contributed by atoms with E-state index in [1.807, 2.05) is 51.2 Å². The summed E-state index contributed by atoms with van der Waals surface area (Å²) < 4.78 is 17.0. The predicted molar refractivity (Wildman–Crippen MR) is 280 cm³/mol. The maximum absolute atomic E-state index is 8.70. The van der Waals surface area contributed by atoms with Crippen LogP contribution in [-0.4, -0.2) is 27.6 Å². The van der Waals surface area contributed by atoms with E-state index < -0.39 is 14.0 Å². The number of benzene rings is 6. The van der Waals surface area contributed by atoms with E-state index in [9.17, 15) is 0 Å². The molecule has 0 aliphatic heterocycles. The van der Waals surface area contributed by atoms with E-state index in [2.05, 4.69) is 185 Å². The zero-order valence-electron chi connectivity index (χ0n) is 41.4. The molecule has 0 fully saturated rings. The Labute approximate surface area is 412 Å². The first-order valence-corrected chi connectivity index (χ1v) is 26.5. The Morgan fingerprint density at radius 1 is 0.701 bits per heavy atom. The van der Waals surface area contributed by atoms with Gasteiger partial charge in [0.2, 0.25) is 5.71 Å². The number of imidazole rings is 1. The Kier molecular flexibility index (Phi) is 13.1. The normalized spacial score (nSPS) is 12.0. The molecule has 0 atom stereocenters. The molecular formula is C60H58IrN4OSi-2. The van der Waals surface area contributed by atoms with Crippen LogP contribution in [0, 0.1) is 39.8 Å². The Balaban J connectivity index is 0.000000188. The number of furan rings is 1. The van der Waals surface area contributed by atoms with E-state index in [0.29, 0.717) is 11.6 Å². The SMILES string of the molecule is Cc1cc(C)cc(-c2cc(-c3ccccc3)c(-n3c(-c4[c-]cccc4)nc4ccccc43)c(C(C)C)c2)c1.[2H]C(C)(C)c1cc(-c2[c-]cc3oc4nc(C)ccc4c3c2C)ncc1[Si](C)(C)C.[Ir]. The van der Waals surface area contributed by atoms with Crippen molar-refractivity contribution in [3.8, 4) is 50.6 Å². The van der Waals surface area contributed by atoms with Crippen molar-refractivity contribution in [1.82, 2.24) is 19.5 Å². The average molecular weight is 1070 g/mol. The van der Waals surface area contributed by atoms with Gasteiger partial charge in [-0.3, -0.25) is 4.98 Å². The third kappa shape index (κ3) is 9.38. The fourth-order valence-electron chi connectivity index (χ4n) is 9.28. The van der Waals surface area contributed by atoms with Crippen LogP contribution < -0.4 is 5.19 Å². The fourth-order valence-corrected chi connectivity index (χ4v) is 10.9. The third-order valence-electron chi connectivity index (χ3n) is 12.5. The topological polar surface area (TPSA) is 56.7 Å². The monoisotopic (exact) mass is 1070 g/mol. The van der Waals surface area contributed by atoms with Crippen LogP contribution in [-0.2, 0) is 20.1 Å². The molecule has 0 aliphatic carbocycles. The third-order valence-corrected chi connectivity index (χ3v) is 14.5. The molecule has 5 nitrogen and oxygen atoms in total. The molecule has 4 heterocycles. The molecule has 7 heteroatoms. The summed E-state index contributed by atoms with van der Waals surface area (Å²) in [5.74, 6) is 0.520. The molecule has 6 aromatic carbocycles. The van der Waals surface area contributed by atoms with Crippen molar-refractivity contribution in [2.24, 2.45) is 0 Å². The minimum absolute atomic E-state index is 0. The van der Waals surface area contributed by atoms with Crippen LogP contribution >= 0.6 is 0 Å². The van der Waals surface area contributed by atoms with Crippen molar-refractivity contribution in [2.45, 2.75) is 86.8 Å². The van der Waals surface area contributed by atoms with Crippen molar-refractivity contribution >= 4 is 46.4 Å². The second-order valence-corrected chi connectivity index (χ2v) is 24.2. The molecule has 0 spiro atoms. The average Bonchev–Trinajstić information content (AvgIpc) is 3.87. The van der Waals surface area contributed by atoms with Gasteiger partial charge in [0.25, 0.3) is 0 Å². The van der Waals surface area contributed by atoms with Gasteiger partial charge in [-0.15, -0.1) is 59.2 Å². The van der Waals surface area contributed by atoms with Gasteiger partial charge in [-0.25, -0.2) is 4.98 Å². The summed E-state index contributed by atoms with van der Waals surface area (Å²) in [4.78, 5) is 14.5. The number of nitrogens with zero attached hydrogens (tertiary/aromatic N) is 4. The van der Waals surface area contributed by atoms with Gasteiger partial charge >= 0.3 is 0 Å². The smallest absolute Gasteiger partial charge is 0.216 e. The second-order valence-electron chi connectivity index (χ2n) is 19.2. The summed E-state index contributed by atoms with van der Waals surface area (Å²) in [7, 11) is -1.62. The Hall–Kier alpha value is -6.24. The number of rotatable bonds is 8. The number of hydrogen-bond acceptors (Lipinski definition) is 4. The van der Waals surface area contributed by atoms with E-state index in [0.717, 1.165) is 66.9 Å². The van der Waals surface area contributed by atoms with Gasteiger partial charge in [-0.05, 0) is 102 Å². The molecule has 10 rings (SSSR count). The van der Waals surface area contributed by atoms with E-state index in [-0.39, 0.29) is 20.1 Å². The number of hydrogen-bond donors (Lipinski definition) is 0. The van der Waals surface area contributed by atoms with Gasteiger partial charge in [0.05, 0.1) is 30.5 Å². The summed E-state index contributed by atoms with van der Waals surface area (Å²) in [6.45, 7) is 23.8. The fraction of sp³-hybridized carbons (Fsp3) is 0.217. The molecule has 0 amide bonds. The van der Waals surface area contributed by atoms with Gasteiger partial charge in [0.1, 0.15) is 0 Å². The molecule has 10 aromatic rings. The summed E-state index contributed by atoms with van der Waals surface area (Å²) in [6, 6.07) is 53.7. The minimum Gasteiger partial charge on any atom is -0.486 e. The molecular weight excluding hydrogens is 1010 g/mol. The molecule has 0 bridgehead atoms. The summed E-state index contributed by atoms with van der Waals surface area (Å²) >= 11 is 0. The molecule has 0 N–H and O–H groups in total. The van der Waals surface area contributed by atoms with Gasteiger partial charge in [0.15, 0.2) is 0 Å². The Bertz CT molecular complexity index is 3430. The molecule has 67 heavy (non-hydrogen) atoms. The molecule has 0 aliphatic rings. The molecule has 0 saturated heterocycles. The summed E-state index contributed by atoms with van der Waals surface area (Å²) in [5, 5.41) is 3.32. The van der Waals surface area contributed by atoms with Crippen LogP contribution in [0.3, 0.4) is 0 Å². The maximum atomic E-state index is 8.70. The van der Waals surface area contributed by atoms with Gasteiger partial charge < -0.3 is 14.0 Å². The van der Waals surface area contributed by atoms with Gasteiger partial charge in [-0.2, -0.15) is 0 Å². The molecule has 0 unspecified atom stereocenters. The molecule has 339 valence electrons. The van der Waals surface area contributed by atoms with Crippen molar-refractivity contribution in [1.29, 1.82) is 0 Å². The first-order valence-electron chi connectivity index (χ1n) is 23.5. The first kappa shape index (κ1) is 45.9. The zero-order chi connectivity index (χ0) is 47.4. The van der Waals surface area contributed by atoms with Crippen LogP contribution in [0.2, 0.25) is 19.6 Å². The standard InChI is InChI=1S/C36H31N2.C24H27N2OSi.Ir/c1-24(2)31-22-30(29-20-25(3)19-26(4)21-29)23-32(27-13-7-5-8-14-27)35(31)38-34-18-12-11-17-33(34)37-36(38)28-15-9-6-10-16-28;1-14(2)19-12-20(25-13-22(19)28(5,6)7)17-10-11-21-23(16(17)4)18-9-8-15(3)26-24(18)27-21;/h5-15,17-24H,1-4H3;8-9,11-14H,1-7H3;/q2*-1;/i;14D;. The number of aromatic nitrogens is 4. The number of pyridine rings is 2. The van der Waals surface area contributed by atoms with E-state index in [1.54, 1.807) is 0 Å². The predicted octanol–water partition coefficient (Wildman–Crippen LogP) is 15.7. The first-order chi connectivity index (χ1) is 32.0. The number of para-hydroxylation sites is 2. The van der Waals surface area contributed by atoms with Crippen LogP contribution in [0.15, 0.2) is 144 Å². The van der Waals surface area contributed by atoms with Crippen molar-refractivity contribution in [3.05, 3.63) is 185 Å². The number of fused-ring (bicyclic) bond motifs is 4. The van der Waals surface area contributed by atoms with Gasteiger partial charge in [-0.1, -0.05) is 143 Å². The van der Waals surface area contributed by atoms with E-state index in [1.165, 1.54) is 49.8 Å². The maximum Gasteiger partial charge on any atom is 0.216 e. The second kappa shape index (κ2) is 19.2. The number of aryl methyl sites for hydroxylation is 4. The van der Waals surface area contributed by atoms with Crippen molar-refractivity contribution in [2.75, 3.05) is 0 Å².